The van der Waals surface area contributed by atoms with E-state index in [2.05, 4.69) is 55.4 Å². The van der Waals surface area contributed by atoms with Crippen LogP contribution in [0.2, 0.25) is 0 Å². The van der Waals surface area contributed by atoms with Gasteiger partial charge in [0.05, 0.1) is 26.4 Å². The second-order valence-electron chi connectivity index (χ2n) is 30.7. The Morgan fingerprint density at radius 2 is 0.424 bits per heavy atom. The molecule has 3 N–H and O–H groups in total. The predicted molar refractivity (Wildman–Crippen MR) is 404 cm³/mol. The second kappa shape index (κ2) is 69.1. The van der Waals surface area contributed by atoms with Crippen molar-refractivity contribution in [3.8, 4) is 0 Å². The number of hydrogen-bond acceptors (Lipinski definition) is 15. The molecular weight excluding hydrogens is 1290 g/mol. The van der Waals surface area contributed by atoms with E-state index in [0.717, 1.165) is 114 Å². The molecule has 0 aliphatic heterocycles. The highest BCUT2D eigenvalue weighted by Gasteiger charge is 2.30. The first-order valence-corrected chi connectivity index (χ1v) is 44.2. The summed E-state index contributed by atoms with van der Waals surface area (Å²) in [4.78, 5) is 73.0. The number of rotatable bonds is 77. The van der Waals surface area contributed by atoms with Crippen LogP contribution in [0.15, 0.2) is 0 Å². The minimum atomic E-state index is -4.96. The monoisotopic (exact) mass is 1450 g/mol. The van der Waals surface area contributed by atoms with Gasteiger partial charge in [-0.25, -0.2) is 9.13 Å². The first kappa shape index (κ1) is 97.1. The summed E-state index contributed by atoms with van der Waals surface area (Å²) in [7, 11) is -9.92. The fraction of sp³-hybridized carbons (Fsp3) is 0.950. The molecule has 19 heteroatoms. The van der Waals surface area contributed by atoms with E-state index in [4.69, 9.17) is 37.0 Å². The van der Waals surface area contributed by atoms with E-state index in [1.54, 1.807) is 0 Å². The lowest BCUT2D eigenvalue weighted by atomic mass is 10.0. The third-order valence-electron chi connectivity index (χ3n) is 18.6. The van der Waals surface area contributed by atoms with Crippen LogP contribution in [-0.4, -0.2) is 96.7 Å². The number of aliphatic hydroxyl groups excluding tert-OH is 1. The van der Waals surface area contributed by atoms with E-state index < -0.39 is 97.5 Å². The first-order valence-electron chi connectivity index (χ1n) is 41.2. The topological polar surface area (TPSA) is 237 Å². The molecule has 99 heavy (non-hydrogen) atoms. The van der Waals surface area contributed by atoms with Crippen molar-refractivity contribution in [2.75, 3.05) is 39.6 Å². The standard InChI is InChI=1S/C80H156O17P2/c1-70(2)56-48-40-32-24-16-12-10-9-11-13-19-30-38-46-54-62-79(84)96-75(66-90-77(82)60-52-44-36-28-20-14-17-25-33-41-49-57-71(3)4)68-94-98(86,87)92-64-74(81)65-93-99(88,89)95-69-76(67-91-78(83)61-53-45-37-29-23-22-27-35-43-51-59-73(7)8)97-80(85)63-55-47-39-31-21-15-18-26-34-42-50-58-72(5)6/h70-76,81H,9-69H2,1-8H3,(H,86,87)(H,88,89)/t74-,75-,76-/m1/s1. The Hall–Kier alpha value is -1.94. The van der Waals surface area contributed by atoms with Crippen molar-refractivity contribution in [1.29, 1.82) is 0 Å². The normalized spacial score (nSPS) is 14.1. The molecule has 0 rings (SSSR count). The van der Waals surface area contributed by atoms with Crippen LogP contribution in [0.5, 0.6) is 0 Å². The van der Waals surface area contributed by atoms with Crippen molar-refractivity contribution in [2.45, 2.75) is 427 Å². The fourth-order valence-electron chi connectivity index (χ4n) is 12.3. The summed E-state index contributed by atoms with van der Waals surface area (Å²) in [5.41, 5.74) is 0. The van der Waals surface area contributed by atoms with E-state index in [1.807, 2.05) is 0 Å². The van der Waals surface area contributed by atoms with Gasteiger partial charge in [0.25, 0.3) is 0 Å². The summed E-state index contributed by atoms with van der Waals surface area (Å²) in [5, 5.41) is 10.6. The molecule has 0 radical (unpaired) electrons. The third kappa shape index (κ3) is 74.1. The third-order valence-corrected chi connectivity index (χ3v) is 20.5. The van der Waals surface area contributed by atoms with Crippen LogP contribution < -0.4 is 0 Å². The van der Waals surface area contributed by atoms with Crippen molar-refractivity contribution in [3.63, 3.8) is 0 Å². The number of aliphatic hydroxyl groups is 1. The zero-order valence-corrected chi connectivity index (χ0v) is 66.9. The molecule has 0 amide bonds. The molecule has 2 unspecified atom stereocenters. The maximum Gasteiger partial charge on any atom is 0.472 e. The van der Waals surface area contributed by atoms with Crippen LogP contribution in [0.4, 0.5) is 0 Å². The van der Waals surface area contributed by atoms with Crippen LogP contribution in [0.25, 0.3) is 0 Å². The molecule has 0 aliphatic rings. The van der Waals surface area contributed by atoms with Gasteiger partial charge in [-0.15, -0.1) is 0 Å². The van der Waals surface area contributed by atoms with Crippen LogP contribution in [-0.2, 0) is 65.4 Å². The predicted octanol–water partition coefficient (Wildman–Crippen LogP) is 23.6. The molecule has 0 spiro atoms. The van der Waals surface area contributed by atoms with Gasteiger partial charge in [-0.05, 0) is 49.4 Å². The smallest absolute Gasteiger partial charge is 0.462 e. The Bertz CT molecular complexity index is 1940. The van der Waals surface area contributed by atoms with Gasteiger partial charge in [-0.1, -0.05) is 357 Å². The molecule has 0 aliphatic carbocycles. The van der Waals surface area contributed by atoms with Gasteiger partial charge >= 0.3 is 39.5 Å². The quantitative estimate of drug-likeness (QED) is 0.0222. The molecule has 5 atom stereocenters. The number of carbonyl (C=O) groups is 4. The zero-order chi connectivity index (χ0) is 73.1. The van der Waals surface area contributed by atoms with Gasteiger partial charge in [0.1, 0.15) is 19.3 Å². The molecule has 17 nitrogen and oxygen atoms in total. The van der Waals surface area contributed by atoms with E-state index >= 15 is 0 Å². The Labute approximate surface area is 607 Å². The van der Waals surface area contributed by atoms with Crippen molar-refractivity contribution >= 4 is 39.5 Å². The van der Waals surface area contributed by atoms with Gasteiger partial charge in [-0.2, -0.15) is 0 Å². The van der Waals surface area contributed by atoms with E-state index in [1.165, 1.54) is 212 Å². The largest absolute Gasteiger partial charge is 0.472 e. The minimum Gasteiger partial charge on any atom is -0.462 e. The lowest BCUT2D eigenvalue weighted by molar-refractivity contribution is -0.161. The second-order valence-corrected chi connectivity index (χ2v) is 33.6. The summed E-state index contributed by atoms with van der Waals surface area (Å²) in [5.74, 6) is 0.984. The van der Waals surface area contributed by atoms with Crippen molar-refractivity contribution < 1.29 is 80.2 Å². The van der Waals surface area contributed by atoms with E-state index in [0.29, 0.717) is 25.7 Å². The average molecular weight is 1450 g/mol. The Balaban J connectivity index is 5.27. The maximum atomic E-state index is 13.1. The number of phosphoric ester groups is 2. The summed E-state index contributed by atoms with van der Waals surface area (Å²) >= 11 is 0. The highest BCUT2D eigenvalue weighted by molar-refractivity contribution is 7.47. The van der Waals surface area contributed by atoms with Crippen molar-refractivity contribution in [1.82, 2.24) is 0 Å². The molecular formula is C80H156O17P2. The summed E-state index contributed by atoms with van der Waals surface area (Å²) < 4.78 is 68.7. The summed E-state index contributed by atoms with van der Waals surface area (Å²) in [6.45, 7) is 14.3. The molecule has 0 saturated carbocycles. The van der Waals surface area contributed by atoms with Crippen LogP contribution in [0.1, 0.15) is 409 Å². The van der Waals surface area contributed by atoms with Gasteiger partial charge in [0, 0.05) is 25.7 Å². The molecule has 0 fully saturated rings. The number of phosphoric acid groups is 2. The Morgan fingerprint density at radius 3 is 0.626 bits per heavy atom. The number of hydrogen-bond donors (Lipinski definition) is 3. The molecule has 0 saturated heterocycles. The number of esters is 4. The number of unbranched alkanes of at least 4 members (excludes halogenated alkanes) is 43. The average Bonchev–Trinajstić information content (AvgIpc) is 0.941. The van der Waals surface area contributed by atoms with Gasteiger partial charge in [-0.3, -0.25) is 37.3 Å². The van der Waals surface area contributed by atoms with E-state index in [-0.39, 0.29) is 25.7 Å². The van der Waals surface area contributed by atoms with Gasteiger partial charge < -0.3 is 33.8 Å². The molecule has 588 valence electrons. The van der Waals surface area contributed by atoms with Gasteiger partial charge in [0.15, 0.2) is 12.2 Å². The lowest BCUT2D eigenvalue weighted by Crippen LogP contribution is -2.30. The zero-order valence-electron chi connectivity index (χ0n) is 65.1. The fourth-order valence-corrected chi connectivity index (χ4v) is 13.8. The highest BCUT2D eigenvalue weighted by Crippen LogP contribution is 2.45. The SMILES string of the molecule is CC(C)CCCCCCCCCCCCCCCCCC(=O)O[C@H](COC(=O)CCCCCCCCCCCCCC(C)C)COP(=O)(O)OC[C@@H](O)COP(=O)(O)OC[C@@H](COC(=O)CCCCCCCCCCCCC(C)C)OC(=O)CCCCCCCCCCCCCC(C)C. The van der Waals surface area contributed by atoms with Crippen molar-refractivity contribution in [2.24, 2.45) is 23.7 Å². The number of carbonyl (C=O) groups excluding carboxylic acids is 4. The van der Waals surface area contributed by atoms with Crippen LogP contribution in [0, 0.1) is 23.7 Å². The Kier molecular flexibility index (Phi) is 67.8. The highest BCUT2D eigenvalue weighted by atomic mass is 31.2. The van der Waals surface area contributed by atoms with Crippen molar-refractivity contribution in [3.05, 3.63) is 0 Å². The van der Waals surface area contributed by atoms with Crippen LogP contribution in [0.3, 0.4) is 0 Å². The van der Waals surface area contributed by atoms with Gasteiger partial charge in [0.2, 0.25) is 0 Å². The molecule has 0 bridgehead atoms. The molecule has 0 aromatic rings. The maximum absolute atomic E-state index is 13.1. The lowest BCUT2D eigenvalue weighted by Gasteiger charge is -2.21. The van der Waals surface area contributed by atoms with E-state index in [9.17, 15) is 43.2 Å². The molecule has 0 aromatic carbocycles. The molecule has 0 heterocycles. The summed E-state index contributed by atoms with van der Waals surface area (Å²) in [6, 6.07) is 0. The molecule has 0 aromatic heterocycles. The number of ether oxygens (including phenoxy) is 4. The Morgan fingerprint density at radius 1 is 0.253 bits per heavy atom. The summed E-state index contributed by atoms with van der Waals surface area (Å²) in [6.07, 6.45) is 55.4. The van der Waals surface area contributed by atoms with Crippen LogP contribution >= 0.6 is 15.6 Å². The first-order chi connectivity index (χ1) is 47.6. The minimum absolute atomic E-state index is 0.106.